The number of hydrogen-bond acceptors (Lipinski definition) is 5. The number of aromatic amines is 1. The number of para-hydroxylation sites is 1. The second-order valence-electron chi connectivity index (χ2n) is 6.87. The molecule has 0 aliphatic heterocycles. The molecular formula is C23H29N3O3S. The number of aryl methyl sites for hydroxylation is 1. The summed E-state index contributed by atoms with van der Waals surface area (Å²) < 4.78 is 4.77. The number of hydrogen-bond donors (Lipinski definition) is 4. The van der Waals surface area contributed by atoms with Crippen molar-refractivity contribution in [3.8, 4) is 0 Å². The van der Waals surface area contributed by atoms with Crippen molar-refractivity contribution in [1.82, 2.24) is 10.3 Å². The fourth-order valence-electron chi connectivity index (χ4n) is 2.95. The number of ether oxygens (including phenoxy) is 1. The molecule has 30 heavy (non-hydrogen) atoms. The Morgan fingerprint density at radius 3 is 2.50 bits per heavy atom. The first-order valence-corrected chi connectivity index (χ1v) is 10.4. The van der Waals surface area contributed by atoms with E-state index in [9.17, 15) is 9.59 Å². The number of nitrogens with two attached hydrogens (primary N) is 1. The van der Waals surface area contributed by atoms with Gasteiger partial charge in [0.1, 0.15) is 6.04 Å². The molecule has 4 N–H and O–H groups in total. The quantitative estimate of drug-likeness (QED) is 0.344. The summed E-state index contributed by atoms with van der Waals surface area (Å²) in [6.45, 7) is 2.71. The molecule has 0 aliphatic rings. The number of rotatable bonds is 7. The second kappa shape index (κ2) is 12.0. The highest BCUT2D eigenvalue weighted by atomic mass is 32.1. The standard InChI is InChI=1S/C15H18N2O3S.C8H11N/c1-20-15(19)13(17-14(18)6-7-21)8-10-9-16-12-5-3-2-4-11(10)12;1-7-2-4-8(6-9)5-3-7/h2-5,9,13,16,21H,6-8H2,1H3,(H,17,18);2-5H,6,9H2,1H3. The molecule has 0 aliphatic carbocycles. The highest BCUT2D eigenvalue weighted by molar-refractivity contribution is 7.80. The van der Waals surface area contributed by atoms with Gasteiger partial charge >= 0.3 is 5.97 Å². The van der Waals surface area contributed by atoms with Crippen molar-refractivity contribution in [3.05, 3.63) is 71.4 Å². The molecule has 6 nitrogen and oxygen atoms in total. The lowest BCUT2D eigenvalue weighted by molar-refractivity contribution is -0.145. The van der Waals surface area contributed by atoms with E-state index >= 15 is 0 Å². The minimum Gasteiger partial charge on any atom is -0.467 e. The van der Waals surface area contributed by atoms with Crippen LogP contribution in [-0.4, -0.2) is 35.8 Å². The summed E-state index contributed by atoms with van der Waals surface area (Å²) in [4.78, 5) is 26.7. The molecule has 0 bridgehead atoms. The number of methoxy groups -OCH3 is 1. The fourth-order valence-corrected chi connectivity index (χ4v) is 3.15. The van der Waals surface area contributed by atoms with Crippen molar-refractivity contribution in [1.29, 1.82) is 0 Å². The van der Waals surface area contributed by atoms with Crippen LogP contribution in [0.2, 0.25) is 0 Å². The van der Waals surface area contributed by atoms with Gasteiger partial charge in [-0.05, 0) is 29.9 Å². The number of aromatic nitrogens is 1. The zero-order valence-corrected chi connectivity index (χ0v) is 18.2. The maximum absolute atomic E-state index is 11.8. The molecule has 0 radical (unpaired) electrons. The van der Waals surface area contributed by atoms with E-state index in [1.165, 1.54) is 18.2 Å². The van der Waals surface area contributed by atoms with Crippen LogP contribution in [0.1, 0.15) is 23.1 Å². The van der Waals surface area contributed by atoms with Gasteiger partial charge in [-0.15, -0.1) is 0 Å². The zero-order valence-electron chi connectivity index (χ0n) is 17.4. The van der Waals surface area contributed by atoms with Gasteiger partial charge in [0, 0.05) is 36.5 Å². The predicted molar refractivity (Wildman–Crippen MR) is 123 cm³/mol. The Kier molecular flexibility index (Phi) is 9.44. The average Bonchev–Trinajstić information content (AvgIpc) is 3.17. The smallest absolute Gasteiger partial charge is 0.328 e. The first-order valence-electron chi connectivity index (χ1n) is 9.77. The highest BCUT2D eigenvalue weighted by Gasteiger charge is 2.22. The van der Waals surface area contributed by atoms with E-state index in [0.717, 1.165) is 16.5 Å². The van der Waals surface area contributed by atoms with E-state index < -0.39 is 12.0 Å². The van der Waals surface area contributed by atoms with Crippen molar-refractivity contribution in [2.75, 3.05) is 12.9 Å². The summed E-state index contributed by atoms with van der Waals surface area (Å²) in [7, 11) is 1.31. The van der Waals surface area contributed by atoms with Gasteiger partial charge < -0.3 is 20.8 Å². The summed E-state index contributed by atoms with van der Waals surface area (Å²) >= 11 is 4.01. The number of esters is 1. The van der Waals surface area contributed by atoms with Gasteiger partial charge in [0.05, 0.1) is 7.11 Å². The molecular weight excluding hydrogens is 398 g/mol. The summed E-state index contributed by atoms with van der Waals surface area (Å²) in [5, 5.41) is 3.73. The number of fused-ring (bicyclic) bond motifs is 1. The Bertz CT molecular complexity index is 954. The number of H-pyrrole nitrogens is 1. The number of amides is 1. The Morgan fingerprint density at radius 1 is 1.17 bits per heavy atom. The van der Waals surface area contributed by atoms with Gasteiger partial charge in [0.2, 0.25) is 5.91 Å². The van der Waals surface area contributed by atoms with E-state index in [1.807, 2.05) is 30.5 Å². The Labute approximate surface area is 182 Å². The summed E-state index contributed by atoms with van der Waals surface area (Å²) in [5.74, 6) is -0.222. The fraction of sp³-hybridized carbons (Fsp3) is 0.304. The van der Waals surface area contributed by atoms with Crippen LogP contribution in [0.5, 0.6) is 0 Å². The van der Waals surface area contributed by atoms with Crippen LogP contribution in [0.25, 0.3) is 10.9 Å². The first kappa shape index (κ1) is 23.5. The summed E-state index contributed by atoms with van der Waals surface area (Å²) in [6, 6.07) is 15.4. The molecule has 160 valence electrons. The van der Waals surface area contributed by atoms with E-state index in [1.54, 1.807) is 0 Å². The molecule has 1 heterocycles. The molecule has 2 aromatic carbocycles. The predicted octanol–water partition coefficient (Wildman–Crippen LogP) is 3.14. The summed E-state index contributed by atoms with van der Waals surface area (Å²) in [5.41, 5.74) is 9.84. The number of carbonyl (C=O) groups is 2. The van der Waals surface area contributed by atoms with Crippen LogP contribution in [0.4, 0.5) is 0 Å². The van der Waals surface area contributed by atoms with E-state index in [4.69, 9.17) is 10.5 Å². The Hall–Kier alpha value is -2.77. The maximum Gasteiger partial charge on any atom is 0.328 e. The number of benzene rings is 2. The topological polar surface area (TPSA) is 97.2 Å². The lowest BCUT2D eigenvalue weighted by atomic mass is 10.0. The van der Waals surface area contributed by atoms with E-state index in [2.05, 4.69) is 54.1 Å². The molecule has 1 aromatic heterocycles. The van der Waals surface area contributed by atoms with E-state index in [-0.39, 0.29) is 12.3 Å². The van der Waals surface area contributed by atoms with Gasteiger partial charge in [-0.2, -0.15) is 12.6 Å². The molecule has 0 spiro atoms. The van der Waals surface area contributed by atoms with E-state index in [0.29, 0.717) is 18.7 Å². The normalized spacial score (nSPS) is 11.3. The lowest BCUT2D eigenvalue weighted by Gasteiger charge is -2.16. The maximum atomic E-state index is 11.8. The highest BCUT2D eigenvalue weighted by Crippen LogP contribution is 2.19. The average molecular weight is 428 g/mol. The van der Waals surface area contributed by atoms with Gasteiger partial charge in [-0.3, -0.25) is 4.79 Å². The van der Waals surface area contributed by atoms with Crippen molar-refractivity contribution in [2.45, 2.75) is 32.4 Å². The Balaban J connectivity index is 0.000000297. The SMILES string of the molecule is COC(=O)C(Cc1c[nH]c2ccccc12)NC(=O)CCS.Cc1ccc(CN)cc1. The molecule has 3 rings (SSSR count). The van der Waals surface area contributed by atoms with Crippen molar-refractivity contribution in [2.24, 2.45) is 5.73 Å². The Morgan fingerprint density at radius 2 is 1.87 bits per heavy atom. The van der Waals surface area contributed by atoms with Gasteiger partial charge in [-0.25, -0.2) is 4.79 Å². The van der Waals surface area contributed by atoms with Crippen LogP contribution >= 0.6 is 12.6 Å². The third kappa shape index (κ3) is 6.93. The molecule has 1 amide bonds. The molecule has 0 fully saturated rings. The molecule has 7 heteroatoms. The van der Waals surface area contributed by atoms with Crippen molar-refractivity contribution >= 4 is 35.4 Å². The second-order valence-corrected chi connectivity index (χ2v) is 7.32. The molecule has 1 atom stereocenters. The van der Waals surface area contributed by atoms with Crippen LogP contribution in [0.15, 0.2) is 54.7 Å². The first-order chi connectivity index (χ1) is 14.5. The summed E-state index contributed by atoms with van der Waals surface area (Å²) in [6.07, 6.45) is 2.50. The number of nitrogens with one attached hydrogen (secondary N) is 2. The van der Waals surface area contributed by atoms with Crippen LogP contribution in [0.3, 0.4) is 0 Å². The van der Waals surface area contributed by atoms with Gasteiger partial charge in [0.15, 0.2) is 0 Å². The third-order valence-electron chi connectivity index (χ3n) is 4.62. The zero-order chi connectivity index (χ0) is 21.9. The minimum atomic E-state index is -0.693. The molecule has 3 aromatic rings. The largest absolute Gasteiger partial charge is 0.467 e. The number of thiol groups is 1. The molecule has 0 saturated carbocycles. The van der Waals surface area contributed by atoms with Gasteiger partial charge in [-0.1, -0.05) is 48.0 Å². The third-order valence-corrected chi connectivity index (χ3v) is 4.84. The molecule has 1 unspecified atom stereocenters. The number of carbonyl (C=O) groups excluding carboxylic acids is 2. The minimum absolute atomic E-state index is 0.208. The van der Waals surface area contributed by atoms with Crippen molar-refractivity contribution in [3.63, 3.8) is 0 Å². The molecule has 0 saturated heterocycles. The van der Waals surface area contributed by atoms with Crippen LogP contribution < -0.4 is 11.1 Å². The monoisotopic (exact) mass is 427 g/mol. The van der Waals surface area contributed by atoms with Gasteiger partial charge in [0.25, 0.3) is 0 Å². The van der Waals surface area contributed by atoms with Crippen molar-refractivity contribution < 1.29 is 14.3 Å². The van der Waals surface area contributed by atoms with Crippen LogP contribution in [-0.2, 0) is 27.3 Å². The lowest BCUT2D eigenvalue weighted by Crippen LogP contribution is -2.43. The van der Waals surface area contributed by atoms with Crippen LogP contribution in [0, 0.1) is 6.92 Å².